The third-order valence-electron chi connectivity index (χ3n) is 3.80. The molecule has 1 unspecified atom stereocenters. The summed E-state index contributed by atoms with van der Waals surface area (Å²) in [6.07, 6.45) is 0.747. The number of hydrogen-bond donors (Lipinski definition) is 0. The molecule has 5 heteroatoms. The second kappa shape index (κ2) is 5.67. The molecule has 0 fully saturated rings. The van der Waals surface area contributed by atoms with E-state index in [0.717, 1.165) is 17.7 Å². The standard InChI is InChI=1S/C17H17NO4/c1-10-8-13-14(6-7-16(18-13)20-2)22-15-9-11(17(19)21-3)4-5-12(10)15/h4-7,9-10H,8H2,1-3H3. The van der Waals surface area contributed by atoms with Gasteiger partial charge in [0.15, 0.2) is 0 Å². The molecule has 5 nitrogen and oxygen atoms in total. The Kier molecular flexibility index (Phi) is 3.71. The number of benzene rings is 1. The van der Waals surface area contributed by atoms with Crippen molar-refractivity contribution in [2.24, 2.45) is 0 Å². The molecule has 0 aliphatic carbocycles. The van der Waals surface area contributed by atoms with E-state index >= 15 is 0 Å². The van der Waals surface area contributed by atoms with E-state index in [9.17, 15) is 4.79 Å². The SMILES string of the molecule is COC(=O)c1ccc2c(c1)Oc1ccc(OC)nc1CC2C. The summed E-state index contributed by atoms with van der Waals surface area (Å²) in [7, 11) is 2.95. The molecule has 1 atom stereocenters. The molecule has 2 heterocycles. The summed E-state index contributed by atoms with van der Waals surface area (Å²) in [4.78, 5) is 16.1. The number of rotatable bonds is 2. The molecule has 1 aliphatic rings. The van der Waals surface area contributed by atoms with E-state index in [1.54, 1.807) is 25.3 Å². The smallest absolute Gasteiger partial charge is 0.337 e. The fraction of sp³-hybridized carbons (Fsp3) is 0.294. The van der Waals surface area contributed by atoms with E-state index in [0.29, 0.717) is 22.9 Å². The van der Waals surface area contributed by atoms with Gasteiger partial charge in [-0.1, -0.05) is 13.0 Å². The van der Waals surface area contributed by atoms with Gasteiger partial charge in [-0.15, -0.1) is 0 Å². The fourth-order valence-electron chi connectivity index (χ4n) is 2.61. The van der Waals surface area contributed by atoms with Crippen LogP contribution in [0, 0.1) is 0 Å². The molecule has 0 saturated heterocycles. The molecule has 0 radical (unpaired) electrons. The maximum atomic E-state index is 11.7. The van der Waals surface area contributed by atoms with Crippen molar-refractivity contribution in [2.75, 3.05) is 14.2 Å². The predicted molar refractivity (Wildman–Crippen MR) is 80.8 cm³/mol. The Labute approximate surface area is 128 Å². The third-order valence-corrected chi connectivity index (χ3v) is 3.80. The van der Waals surface area contributed by atoms with Gasteiger partial charge in [0, 0.05) is 12.5 Å². The number of fused-ring (bicyclic) bond motifs is 2. The van der Waals surface area contributed by atoms with Crippen LogP contribution in [-0.4, -0.2) is 25.2 Å². The quantitative estimate of drug-likeness (QED) is 0.796. The van der Waals surface area contributed by atoms with Gasteiger partial charge in [-0.3, -0.25) is 0 Å². The van der Waals surface area contributed by atoms with Gasteiger partial charge in [0.05, 0.1) is 25.5 Å². The molecule has 0 saturated carbocycles. The van der Waals surface area contributed by atoms with Crippen LogP contribution in [0.4, 0.5) is 0 Å². The highest BCUT2D eigenvalue weighted by atomic mass is 16.5. The average Bonchev–Trinajstić information content (AvgIpc) is 2.68. The van der Waals surface area contributed by atoms with Crippen molar-refractivity contribution in [2.45, 2.75) is 19.3 Å². The lowest BCUT2D eigenvalue weighted by molar-refractivity contribution is 0.0600. The Bertz CT molecular complexity index is 727. The average molecular weight is 299 g/mol. The lowest BCUT2D eigenvalue weighted by Gasteiger charge is -2.12. The first kappa shape index (κ1) is 14.4. The van der Waals surface area contributed by atoms with Crippen molar-refractivity contribution in [3.05, 3.63) is 47.2 Å². The van der Waals surface area contributed by atoms with Crippen LogP contribution >= 0.6 is 0 Å². The lowest BCUT2D eigenvalue weighted by atomic mass is 9.95. The summed E-state index contributed by atoms with van der Waals surface area (Å²) in [5.41, 5.74) is 2.37. The first-order valence-electron chi connectivity index (χ1n) is 7.06. The maximum Gasteiger partial charge on any atom is 0.337 e. The molecule has 0 bridgehead atoms. The van der Waals surface area contributed by atoms with E-state index in [1.165, 1.54) is 7.11 Å². The van der Waals surface area contributed by atoms with Crippen molar-refractivity contribution in [3.63, 3.8) is 0 Å². The molecular weight excluding hydrogens is 282 g/mol. The molecule has 1 aliphatic heterocycles. The molecule has 1 aromatic heterocycles. The van der Waals surface area contributed by atoms with Crippen LogP contribution in [0.25, 0.3) is 0 Å². The minimum Gasteiger partial charge on any atom is -0.481 e. The van der Waals surface area contributed by atoms with Gasteiger partial charge in [-0.2, -0.15) is 0 Å². The first-order chi connectivity index (χ1) is 10.6. The highest BCUT2D eigenvalue weighted by Crippen LogP contribution is 2.39. The highest BCUT2D eigenvalue weighted by Gasteiger charge is 2.23. The number of esters is 1. The zero-order valence-corrected chi connectivity index (χ0v) is 12.8. The van der Waals surface area contributed by atoms with E-state index in [1.807, 2.05) is 12.1 Å². The summed E-state index contributed by atoms with van der Waals surface area (Å²) >= 11 is 0. The second-order valence-electron chi connectivity index (χ2n) is 5.25. The van der Waals surface area contributed by atoms with Crippen molar-refractivity contribution >= 4 is 5.97 Å². The molecular formula is C17H17NO4. The van der Waals surface area contributed by atoms with Gasteiger partial charge in [-0.25, -0.2) is 9.78 Å². The highest BCUT2D eigenvalue weighted by molar-refractivity contribution is 5.90. The fourth-order valence-corrected chi connectivity index (χ4v) is 2.61. The molecule has 3 rings (SSSR count). The summed E-state index contributed by atoms with van der Waals surface area (Å²) in [5.74, 6) is 1.77. The number of carbonyl (C=O) groups excluding carboxylic acids is 1. The van der Waals surface area contributed by atoms with Gasteiger partial charge >= 0.3 is 5.97 Å². The summed E-state index contributed by atoms with van der Waals surface area (Å²) in [6, 6.07) is 8.99. The van der Waals surface area contributed by atoms with Crippen molar-refractivity contribution in [1.29, 1.82) is 0 Å². The van der Waals surface area contributed by atoms with Crippen LogP contribution in [0.5, 0.6) is 17.4 Å². The first-order valence-corrected chi connectivity index (χ1v) is 7.06. The number of pyridine rings is 1. The van der Waals surface area contributed by atoms with Gasteiger partial charge in [0.1, 0.15) is 11.5 Å². The number of nitrogens with zero attached hydrogens (tertiary/aromatic N) is 1. The largest absolute Gasteiger partial charge is 0.481 e. The number of aromatic nitrogens is 1. The molecule has 114 valence electrons. The van der Waals surface area contributed by atoms with Crippen molar-refractivity contribution < 1.29 is 19.0 Å². The van der Waals surface area contributed by atoms with Crippen LogP contribution in [0.2, 0.25) is 0 Å². The van der Waals surface area contributed by atoms with Crippen LogP contribution in [-0.2, 0) is 11.2 Å². The zero-order chi connectivity index (χ0) is 15.7. The lowest BCUT2D eigenvalue weighted by Crippen LogP contribution is -2.03. The molecule has 22 heavy (non-hydrogen) atoms. The Morgan fingerprint density at radius 1 is 1.23 bits per heavy atom. The van der Waals surface area contributed by atoms with Gasteiger partial charge in [0.2, 0.25) is 5.88 Å². The third kappa shape index (κ3) is 2.50. The summed E-state index contributed by atoms with van der Waals surface area (Å²) < 4.78 is 15.9. The minimum absolute atomic E-state index is 0.225. The Balaban J connectivity index is 2.05. The monoisotopic (exact) mass is 299 g/mol. The Morgan fingerprint density at radius 2 is 2.05 bits per heavy atom. The van der Waals surface area contributed by atoms with Gasteiger partial charge < -0.3 is 14.2 Å². The van der Waals surface area contributed by atoms with Crippen LogP contribution in [0.3, 0.4) is 0 Å². The number of hydrogen-bond acceptors (Lipinski definition) is 5. The van der Waals surface area contributed by atoms with Crippen LogP contribution < -0.4 is 9.47 Å². The van der Waals surface area contributed by atoms with E-state index < -0.39 is 0 Å². The van der Waals surface area contributed by atoms with E-state index in [4.69, 9.17) is 14.2 Å². The zero-order valence-electron chi connectivity index (χ0n) is 12.8. The molecule has 2 aromatic rings. The predicted octanol–water partition coefficient (Wildman–Crippen LogP) is 3.33. The topological polar surface area (TPSA) is 57.7 Å². The summed E-state index contributed by atoms with van der Waals surface area (Å²) in [5, 5.41) is 0. The van der Waals surface area contributed by atoms with Gasteiger partial charge in [-0.05, 0) is 29.7 Å². The second-order valence-corrected chi connectivity index (χ2v) is 5.25. The molecule has 0 amide bonds. The van der Waals surface area contributed by atoms with Crippen LogP contribution in [0.15, 0.2) is 30.3 Å². The normalized spacial score (nSPS) is 15.9. The molecule has 0 spiro atoms. The molecule has 0 N–H and O–H groups in total. The number of methoxy groups -OCH3 is 2. The molecule has 1 aromatic carbocycles. The minimum atomic E-state index is -0.378. The van der Waals surface area contributed by atoms with Crippen molar-refractivity contribution in [1.82, 2.24) is 4.98 Å². The maximum absolute atomic E-state index is 11.7. The van der Waals surface area contributed by atoms with Crippen LogP contribution in [0.1, 0.15) is 34.5 Å². The Hall–Kier alpha value is -2.56. The Morgan fingerprint density at radius 3 is 2.77 bits per heavy atom. The number of ether oxygens (including phenoxy) is 3. The van der Waals surface area contributed by atoms with E-state index in [-0.39, 0.29) is 11.9 Å². The van der Waals surface area contributed by atoms with E-state index in [2.05, 4.69) is 11.9 Å². The summed E-state index contributed by atoms with van der Waals surface area (Å²) in [6.45, 7) is 2.11. The van der Waals surface area contributed by atoms with Gasteiger partial charge in [0.25, 0.3) is 0 Å². The number of carbonyl (C=O) groups is 1. The van der Waals surface area contributed by atoms with Crippen molar-refractivity contribution in [3.8, 4) is 17.4 Å².